The summed E-state index contributed by atoms with van der Waals surface area (Å²) >= 11 is 0. The average molecular weight is 722 g/mol. The molecular formula is C34H46F3N5O5SSi. The van der Waals surface area contributed by atoms with Crippen molar-refractivity contribution in [3.8, 4) is 0 Å². The number of alkyl halides is 3. The minimum absolute atomic E-state index is 0.0175. The van der Waals surface area contributed by atoms with Crippen LogP contribution in [0.15, 0.2) is 36.4 Å². The smallest absolute Gasteiger partial charge is 0.364 e. The van der Waals surface area contributed by atoms with Gasteiger partial charge in [0.25, 0.3) is 11.8 Å². The van der Waals surface area contributed by atoms with Crippen LogP contribution in [-0.2, 0) is 27.2 Å². The lowest BCUT2D eigenvalue weighted by molar-refractivity contribution is -0.227. The van der Waals surface area contributed by atoms with E-state index in [1.54, 1.807) is 61.7 Å². The Hall–Kier alpha value is -2.98. The Bertz CT molecular complexity index is 1700. The van der Waals surface area contributed by atoms with Crippen molar-refractivity contribution in [3.63, 3.8) is 0 Å². The third-order valence-corrected chi connectivity index (χ3v) is 12.1. The van der Waals surface area contributed by atoms with Gasteiger partial charge in [0.05, 0.1) is 50.2 Å². The van der Waals surface area contributed by atoms with Crippen molar-refractivity contribution in [2.45, 2.75) is 115 Å². The van der Waals surface area contributed by atoms with E-state index >= 15 is 0 Å². The first-order chi connectivity index (χ1) is 22.8. The molecule has 3 heterocycles. The van der Waals surface area contributed by atoms with Crippen LogP contribution in [0.1, 0.15) is 91.8 Å². The minimum Gasteiger partial charge on any atom is -0.364 e. The number of halogens is 3. The molecule has 2 aliphatic rings. The number of hydrogen-bond donors (Lipinski definition) is 1. The van der Waals surface area contributed by atoms with Crippen molar-refractivity contribution in [2.75, 3.05) is 6.61 Å². The predicted molar refractivity (Wildman–Crippen MR) is 184 cm³/mol. The second-order valence-electron chi connectivity index (χ2n) is 15.1. The van der Waals surface area contributed by atoms with E-state index in [-0.39, 0.29) is 35.9 Å². The van der Waals surface area contributed by atoms with Crippen molar-refractivity contribution < 1.29 is 36.4 Å². The fourth-order valence-electron chi connectivity index (χ4n) is 5.70. The Balaban J connectivity index is 1.58. The lowest BCUT2D eigenvalue weighted by Crippen LogP contribution is -2.43. The summed E-state index contributed by atoms with van der Waals surface area (Å²) in [6, 6.07) is 9.50. The third-order valence-electron chi connectivity index (χ3n) is 8.77. The van der Waals surface area contributed by atoms with E-state index in [1.165, 1.54) is 11.8 Å². The lowest BCUT2D eigenvalue weighted by atomic mass is 10.1. The fraction of sp³-hybridized carbons (Fsp3) is 0.588. The standard InChI is InChI=1S/C34H46F3N5O5SSi/c1-20(47-21(2)34(35,36)37)27(40-48(45)33(3,4)5)30-39-29-26(41(30)19-46-17-18-49(6,7)8)16-15-25(38-29)28(22-13-14-22)42-31(43)23-11-9-10-12-24(23)32(42)44/h9-12,15-16,20-22,27-28,40H,13-14,17-19H2,1-8H3/t20-,21-,27+,28-,48-/m1/s1. The molecule has 10 nitrogen and oxygen atoms in total. The molecule has 2 amide bonds. The number of hydrogen-bond acceptors (Lipinski definition) is 7. The van der Waals surface area contributed by atoms with E-state index in [0.29, 0.717) is 28.9 Å². The van der Waals surface area contributed by atoms with Crippen LogP contribution < -0.4 is 4.72 Å². The number of nitrogens with zero attached hydrogens (tertiary/aromatic N) is 4. The molecule has 2 aromatic heterocycles. The van der Waals surface area contributed by atoms with Gasteiger partial charge in [-0.2, -0.15) is 13.2 Å². The zero-order valence-corrected chi connectivity index (χ0v) is 31.1. The monoisotopic (exact) mass is 721 g/mol. The van der Waals surface area contributed by atoms with Crippen LogP contribution in [0.3, 0.4) is 0 Å². The summed E-state index contributed by atoms with van der Waals surface area (Å²) in [7, 11) is -3.15. The molecule has 0 spiro atoms. The molecule has 268 valence electrons. The van der Waals surface area contributed by atoms with Crippen LogP contribution in [0.5, 0.6) is 0 Å². The van der Waals surface area contributed by atoms with Crippen LogP contribution in [0.2, 0.25) is 25.7 Å². The Morgan fingerprint density at radius 2 is 1.61 bits per heavy atom. The molecule has 15 heteroatoms. The number of fused-ring (bicyclic) bond motifs is 2. The van der Waals surface area contributed by atoms with E-state index in [1.807, 2.05) is 0 Å². The van der Waals surface area contributed by atoms with Crippen LogP contribution >= 0.6 is 0 Å². The number of ether oxygens (including phenoxy) is 2. The van der Waals surface area contributed by atoms with Gasteiger partial charge in [0.2, 0.25) is 0 Å². The van der Waals surface area contributed by atoms with Gasteiger partial charge in [0, 0.05) is 14.7 Å². The highest BCUT2D eigenvalue weighted by Gasteiger charge is 2.47. The van der Waals surface area contributed by atoms with Gasteiger partial charge in [0.1, 0.15) is 18.6 Å². The molecular weight excluding hydrogens is 676 g/mol. The van der Waals surface area contributed by atoms with Gasteiger partial charge in [0.15, 0.2) is 11.8 Å². The molecule has 1 N–H and O–H groups in total. The summed E-state index contributed by atoms with van der Waals surface area (Å²) < 4.78 is 69.9. The van der Waals surface area contributed by atoms with Crippen LogP contribution in [0.25, 0.3) is 11.2 Å². The molecule has 1 aromatic carbocycles. The number of benzene rings is 1. The van der Waals surface area contributed by atoms with Crippen molar-refractivity contribution in [3.05, 3.63) is 59.0 Å². The molecule has 0 unspecified atom stereocenters. The zero-order chi connectivity index (χ0) is 36.1. The van der Waals surface area contributed by atoms with E-state index in [0.717, 1.165) is 25.8 Å². The van der Waals surface area contributed by atoms with Gasteiger partial charge in [-0.3, -0.25) is 14.5 Å². The van der Waals surface area contributed by atoms with Crippen molar-refractivity contribution in [1.29, 1.82) is 0 Å². The molecule has 1 aliphatic heterocycles. The minimum atomic E-state index is -4.61. The Morgan fingerprint density at radius 3 is 2.14 bits per heavy atom. The van der Waals surface area contributed by atoms with E-state index < -0.39 is 54.3 Å². The lowest BCUT2D eigenvalue weighted by Gasteiger charge is -2.30. The molecule has 1 fully saturated rings. The summed E-state index contributed by atoms with van der Waals surface area (Å²) in [5.41, 5.74) is 1.98. The quantitative estimate of drug-likeness (QED) is 0.109. The van der Waals surface area contributed by atoms with E-state index in [4.69, 9.17) is 19.4 Å². The van der Waals surface area contributed by atoms with Gasteiger partial charge in [-0.1, -0.05) is 31.8 Å². The number of imide groups is 1. The third kappa shape index (κ3) is 8.33. The molecule has 5 atom stereocenters. The van der Waals surface area contributed by atoms with Crippen molar-refractivity contribution in [1.82, 2.24) is 24.2 Å². The van der Waals surface area contributed by atoms with Gasteiger partial charge in [-0.25, -0.2) is 18.9 Å². The van der Waals surface area contributed by atoms with Gasteiger partial charge >= 0.3 is 6.18 Å². The Kier molecular flexibility index (Phi) is 10.6. The number of aromatic nitrogens is 3. The Labute approximate surface area is 288 Å². The highest BCUT2D eigenvalue weighted by Crippen LogP contribution is 2.47. The molecule has 1 aliphatic carbocycles. The number of imidazole rings is 1. The summed E-state index contributed by atoms with van der Waals surface area (Å²) in [5, 5.41) is 0. The van der Waals surface area contributed by atoms with E-state index in [2.05, 4.69) is 24.4 Å². The first-order valence-electron chi connectivity index (χ1n) is 16.6. The second-order valence-corrected chi connectivity index (χ2v) is 22.8. The molecule has 0 radical (unpaired) electrons. The Morgan fingerprint density at radius 1 is 1.00 bits per heavy atom. The van der Waals surface area contributed by atoms with Gasteiger partial charge < -0.3 is 14.0 Å². The maximum Gasteiger partial charge on any atom is 0.414 e. The highest BCUT2D eigenvalue weighted by molar-refractivity contribution is 7.84. The number of pyridine rings is 1. The van der Waals surface area contributed by atoms with E-state index in [9.17, 15) is 27.0 Å². The molecule has 3 aromatic rings. The average Bonchev–Trinajstić information content (AvgIpc) is 3.73. The van der Waals surface area contributed by atoms with Crippen molar-refractivity contribution in [2.24, 2.45) is 5.92 Å². The molecule has 49 heavy (non-hydrogen) atoms. The summed E-state index contributed by atoms with van der Waals surface area (Å²) in [4.78, 5) is 38.0. The fourth-order valence-corrected chi connectivity index (χ4v) is 7.34. The van der Waals surface area contributed by atoms with Gasteiger partial charge in [-0.05, 0) is 83.7 Å². The topological polar surface area (TPSA) is 116 Å². The first-order valence-corrected chi connectivity index (χ1v) is 21.5. The summed E-state index contributed by atoms with van der Waals surface area (Å²) in [6.07, 6.45) is -6.19. The number of nitrogens with one attached hydrogen (secondary N) is 1. The first kappa shape index (κ1) is 37.3. The summed E-state index contributed by atoms with van der Waals surface area (Å²) in [5.74, 6) is -0.476. The number of rotatable bonds is 14. The van der Waals surface area contributed by atoms with Gasteiger partial charge in [-0.15, -0.1) is 0 Å². The van der Waals surface area contributed by atoms with Crippen LogP contribution in [0.4, 0.5) is 13.2 Å². The number of amides is 2. The SMILES string of the molecule is C[C@@H](O[C@H](C)C(F)(F)F)[C@H](N[S@](=O)C(C)(C)C)c1nc2nc([C@@H](C3CC3)N3C(=O)c4ccccc4C3=O)ccc2n1COCC[Si](C)(C)C. The number of carbonyl (C=O) groups excluding carboxylic acids is 2. The largest absolute Gasteiger partial charge is 0.414 e. The van der Waals surface area contributed by atoms with Crippen molar-refractivity contribution >= 4 is 42.0 Å². The highest BCUT2D eigenvalue weighted by atomic mass is 32.2. The maximum atomic E-state index is 13.6. The zero-order valence-electron chi connectivity index (χ0n) is 29.3. The normalized spacial score (nSPS) is 18.9. The molecule has 0 saturated heterocycles. The maximum absolute atomic E-state index is 13.6. The van der Waals surface area contributed by atoms with Crippen LogP contribution in [0, 0.1) is 5.92 Å². The predicted octanol–water partition coefficient (Wildman–Crippen LogP) is 6.94. The van der Waals surface area contributed by atoms with Crippen LogP contribution in [-0.4, -0.2) is 73.3 Å². The molecule has 1 saturated carbocycles. The molecule has 0 bridgehead atoms. The molecule has 5 rings (SSSR count). The summed E-state index contributed by atoms with van der Waals surface area (Å²) in [6.45, 7) is 14.9. The number of carbonyl (C=O) groups is 2. The second kappa shape index (κ2) is 14.0.